The van der Waals surface area contributed by atoms with Crippen molar-refractivity contribution < 1.29 is 0 Å². The summed E-state index contributed by atoms with van der Waals surface area (Å²) in [5, 5.41) is 0. The Bertz CT molecular complexity index is 614. The molecule has 0 spiro atoms. The molecule has 1 saturated carbocycles. The lowest BCUT2D eigenvalue weighted by Crippen LogP contribution is -2.19. The molecule has 1 fully saturated rings. The molecule has 1 atom stereocenters. The maximum Gasteiger partial charge on any atom is 0.161 e. The van der Waals surface area contributed by atoms with Crippen LogP contribution in [-0.4, -0.2) is 14.5 Å². The summed E-state index contributed by atoms with van der Waals surface area (Å²) in [6.45, 7) is 4.00. The van der Waals surface area contributed by atoms with Crippen LogP contribution >= 0.6 is 15.9 Å². The molecule has 0 N–H and O–H groups in total. The van der Waals surface area contributed by atoms with E-state index < -0.39 is 0 Å². The number of fused-ring (bicyclic) bond motifs is 3. The fourth-order valence-electron chi connectivity index (χ4n) is 3.89. The van der Waals surface area contributed by atoms with Crippen molar-refractivity contribution in [3.05, 3.63) is 22.6 Å². The molecular weight excluding hydrogens is 326 g/mol. The average Bonchev–Trinajstić information content (AvgIpc) is 3.09. The lowest BCUT2D eigenvalue weighted by atomic mass is 9.83. The van der Waals surface area contributed by atoms with Gasteiger partial charge in [0.25, 0.3) is 0 Å². The number of hydrogen-bond donors (Lipinski definition) is 0. The van der Waals surface area contributed by atoms with E-state index in [-0.39, 0.29) is 0 Å². The van der Waals surface area contributed by atoms with Crippen LogP contribution in [0, 0.1) is 5.92 Å². The van der Waals surface area contributed by atoms with E-state index in [9.17, 15) is 0 Å². The Labute approximate surface area is 135 Å². The Morgan fingerprint density at radius 2 is 1.81 bits per heavy atom. The summed E-state index contributed by atoms with van der Waals surface area (Å²) in [6, 6.07) is 4.71. The second-order valence-electron chi connectivity index (χ2n) is 5.88. The highest BCUT2D eigenvalue weighted by Gasteiger charge is 2.33. The maximum atomic E-state index is 4.76. The largest absolute Gasteiger partial charge is 0.309 e. The van der Waals surface area contributed by atoms with Crippen LogP contribution in [0.2, 0.25) is 0 Å². The van der Waals surface area contributed by atoms with Crippen LogP contribution in [0.1, 0.15) is 64.2 Å². The third-order valence-corrected chi connectivity index (χ3v) is 5.21. The van der Waals surface area contributed by atoms with Gasteiger partial charge in [-0.1, -0.05) is 33.1 Å². The minimum Gasteiger partial charge on any atom is -0.309 e. The second kappa shape index (κ2) is 6.47. The summed E-state index contributed by atoms with van der Waals surface area (Å²) in [5.74, 6) is 2.09. The second-order valence-corrected chi connectivity index (χ2v) is 6.69. The fourth-order valence-corrected chi connectivity index (χ4v) is 4.19. The Balaban J connectivity index is 0.000000636. The summed E-state index contributed by atoms with van der Waals surface area (Å²) in [7, 11) is 0. The number of halogens is 1. The molecule has 0 saturated heterocycles. The van der Waals surface area contributed by atoms with Crippen molar-refractivity contribution in [1.29, 1.82) is 0 Å². The number of aryl methyl sites for hydroxylation is 1. The summed E-state index contributed by atoms with van der Waals surface area (Å²) in [6.07, 6.45) is 9.38. The fraction of sp³-hybridized carbons (Fsp3) is 0.647. The molecule has 3 nitrogen and oxygen atoms in total. The van der Waals surface area contributed by atoms with Crippen molar-refractivity contribution in [3.63, 3.8) is 0 Å². The topological polar surface area (TPSA) is 30.7 Å². The first-order valence-electron chi connectivity index (χ1n) is 8.36. The van der Waals surface area contributed by atoms with E-state index in [0.717, 1.165) is 28.1 Å². The molecule has 2 aromatic rings. The van der Waals surface area contributed by atoms with E-state index >= 15 is 0 Å². The zero-order chi connectivity index (χ0) is 14.8. The first kappa shape index (κ1) is 15.0. The van der Waals surface area contributed by atoms with E-state index in [1.807, 2.05) is 19.9 Å². The van der Waals surface area contributed by atoms with Crippen molar-refractivity contribution in [3.8, 4) is 0 Å². The van der Waals surface area contributed by atoms with Crippen LogP contribution in [-0.2, 0) is 6.42 Å². The molecule has 2 aliphatic rings. The van der Waals surface area contributed by atoms with Crippen molar-refractivity contribution in [1.82, 2.24) is 14.5 Å². The number of nitrogens with zero attached hydrogens (tertiary/aromatic N) is 3. The monoisotopic (exact) mass is 349 g/mol. The predicted octanol–water partition coefficient (Wildman–Crippen LogP) is 5.29. The van der Waals surface area contributed by atoms with Crippen molar-refractivity contribution in [2.45, 2.75) is 64.8 Å². The van der Waals surface area contributed by atoms with Gasteiger partial charge in [0, 0.05) is 12.5 Å². The Morgan fingerprint density at radius 1 is 1.05 bits per heavy atom. The van der Waals surface area contributed by atoms with Gasteiger partial charge in [0.15, 0.2) is 5.65 Å². The van der Waals surface area contributed by atoms with E-state index in [2.05, 4.69) is 31.5 Å². The standard InChI is InChI=1S/C15H18BrN3.C2H6/c16-13-8-6-11-15(18-13)19-12(7-9-14(19)17-11)10-4-2-1-3-5-10;1-2/h6,8,10,12H,1-5,7,9H2;1-2H3. The smallest absolute Gasteiger partial charge is 0.161 e. The molecule has 1 aliphatic carbocycles. The lowest BCUT2D eigenvalue weighted by molar-refractivity contribution is 0.258. The Kier molecular flexibility index (Phi) is 4.63. The molecular formula is C17H24BrN3. The molecule has 21 heavy (non-hydrogen) atoms. The minimum atomic E-state index is 0.641. The Morgan fingerprint density at radius 3 is 2.57 bits per heavy atom. The van der Waals surface area contributed by atoms with Crippen LogP contribution in [0.5, 0.6) is 0 Å². The molecule has 2 aromatic heterocycles. The van der Waals surface area contributed by atoms with Gasteiger partial charge in [-0.25, -0.2) is 9.97 Å². The van der Waals surface area contributed by atoms with Crippen LogP contribution in [0.4, 0.5) is 0 Å². The highest BCUT2D eigenvalue weighted by Crippen LogP contribution is 2.41. The molecule has 4 heteroatoms. The summed E-state index contributed by atoms with van der Waals surface area (Å²) < 4.78 is 3.35. The minimum absolute atomic E-state index is 0.641. The van der Waals surface area contributed by atoms with Crippen LogP contribution in [0.15, 0.2) is 16.7 Å². The van der Waals surface area contributed by atoms with E-state index in [1.54, 1.807) is 0 Å². The van der Waals surface area contributed by atoms with Crippen molar-refractivity contribution in [2.24, 2.45) is 5.92 Å². The number of rotatable bonds is 1. The van der Waals surface area contributed by atoms with E-state index in [0.29, 0.717) is 6.04 Å². The SMILES string of the molecule is Brc1ccc2nc3n(c2n1)C(C1CCCCC1)CC3.CC. The molecule has 114 valence electrons. The van der Waals surface area contributed by atoms with Gasteiger partial charge in [-0.05, 0) is 53.2 Å². The molecule has 1 aliphatic heterocycles. The number of aromatic nitrogens is 3. The first-order chi connectivity index (χ1) is 10.3. The third-order valence-electron chi connectivity index (χ3n) is 4.77. The highest BCUT2D eigenvalue weighted by molar-refractivity contribution is 9.10. The first-order valence-corrected chi connectivity index (χ1v) is 9.15. The molecule has 0 bridgehead atoms. The molecule has 0 radical (unpaired) electrons. The molecule has 4 rings (SSSR count). The van der Waals surface area contributed by atoms with Gasteiger partial charge in [-0.2, -0.15) is 0 Å². The zero-order valence-electron chi connectivity index (χ0n) is 13.0. The quantitative estimate of drug-likeness (QED) is 0.655. The third kappa shape index (κ3) is 2.75. The molecule has 0 amide bonds. The predicted molar refractivity (Wildman–Crippen MR) is 90.5 cm³/mol. The molecule has 0 aromatic carbocycles. The van der Waals surface area contributed by atoms with E-state index in [4.69, 9.17) is 4.98 Å². The highest BCUT2D eigenvalue weighted by atomic mass is 79.9. The van der Waals surface area contributed by atoms with Gasteiger partial charge in [0.2, 0.25) is 0 Å². The summed E-state index contributed by atoms with van der Waals surface area (Å²) in [4.78, 5) is 9.43. The number of pyridine rings is 1. The van der Waals surface area contributed by atoms with Gasteiger partial charge in [0.1, 0.15) is 15.9 Å². The summed E-state index contributed by atoms with van der Waals surface area (Å²) >= 11 is 3.49. The van der Waals surface area contributed by atoms with Crippen molar-refractivity contribution >= 4 is 27.1 Å². The average molecular weight is 350 g/mol. The van der Waals surface area contributed by atoms with Gasteiger partial charge in [-0.15, -0.1) is 0 Å². The van der Waals surface area contributed by atoms with E-state index in [1.165, 1.54) is 44.3 Å². The summed E-state index contributed by atoms with van der Waals surface area (Å²) in [5.41, 5.74) is 2.14. The molecule has 3 heterocycles. The number of imidazole rings is 1. The van der Waals surface area contributed by atoms with Crippen LogP contribution in [0.3, 0.4) is 0 Å². The van der Waals surface area contributed by atoms with Crippen LogP contribution < -0.4 is 0 Å². The molecule has 1 unspecified atom stereocenters. The van der Waals surface area contributed by atoms with Gasteiger partial charge < -0.3 is 4.57 Å². The van der Waals surface area contributed by atoms with Gasteiger partial charge >= 0.3 is 0 Å². The zero-order valence-corrected chi connectivity index (χ0v) is 14.6. The Hall–Kier alpha value is -0.900. The van der Waals surface area contributed by atoms with Gasteiger partial charge in [0.05, 0.1) is 0 Å². The van der Waals surface area contributed by atoms with Crippen molar-refractivity contribution in [2.75, 3.05) is 0 Å². The maximum absolute atomic E-state index is 4.76. The number of hydrogen-bond acceptors (Lipinski definition) is 2. The lowest BCUT2D eigenvalue weighted by Gasteiger charge is -2.28. The van der Waals surface area contributed by atoms with Gasteiger partial charge in [-0.3, -0.25) is 0 Å². The van der Waals surface area contributed by atoms with Crippen LogP contribution in [0.25, 0.3) is 11.2 Å². The normalized spacial score (nSPS) is 22.0.